The second-order valence-electron chi connectivity index (χ2n) is 7.67. The Morgan fingerprint density at radius 2 is 1.87 bits per heavy atom. The SMILES string of the molecule is Cc1oc(C(=O)N(C)[C@H](C)c2ccc(-n3cncn3)cc2)cc1S(=O)(=O)N1CCCC1. The van der Waals surface area contributed by atoms with Crippen LogP contribution in [0.5, 0.6) is 0 Å². The van der Waals surface area contributed by atoms with E-state index in [-0.39, 0.29) is 28.4 Å². The van der Waals surface area contributed by atoms with Gasteiger partial charge in [0.05, 0.1) is 11.7 Å². The molecule has 2 aromatic heterocycles. The summed E-state index contributed by atoms with van der Waals surface area (Å²) in [6.45, 7) is 4.47. The van der Waals surface area contributed by atoms with Crippen molar-refractivity contribution in [1.29, 1.82) is 0 Å². The Morgan fingerprint density at radius 1 is 1.19 bits per heavy atom. The van der Waals surface area contributed by atoms with E-state index < -0.39 is 10.0 Å². The molecule has 9 nitrogen and oxygen atoms in total. The lowest BCUT2D eigenvalue weighted by atomic mass is 10.1. The van der Waals surface area contributed by atoms with Crippen molar-refractivity contribution in [3.63, 3.8) is 0 Å². The normalized spacial score (nSPS) is 15.8. The zero-order chi connectivity index (χ0) is 22.2. The Hall–Kier alpha value is -2.98. The van der Waals surface area contributed by atoms with Crippen LogP contribution in [0.2, 0.25) is 0 Å². The molecule has 0 aliphatic carbocycles. The van der Waals surface area contributed by atoms with E-state index in [1.807, 2.05) is 31.2 Å². The first-order valence-electron chi connectivity index (χ1n) is 10.1. The van der Waals surface area contributed by atoms with E-state index in [1.165, 1.54) is 21.6 Å². The number of amides is 1. The molecule has 1 fully saturated rings. The quantitative estimate of drug-likeness (QED) is 0.581. The Kier molecular flexibility index (Phi) is 5.67. The molecule has 10 heteroatoms. The summed E-state index contributed by atoms with van der Waals surface area (Å²) in [5.41, 5.74) is 1.79. The summed E-state index contributed by atoms with van der Waals surface area (Å²) in [6, 6.07) is 8.74. The number of benzene rings is 1. The lowest BCUT2D eigenvalue weighted by molar-refractivity contribution is 0.0709. The molecule has 3 aromatic rings. The first kappa shape index (κ1) is 21.3. The predicted molar refractivity (Wildman–Crippen MR) is 113 cm³/mol. The summed E-state index contributed by atoms with van der Waals surface area (Å²) in [7, 11) is -1.98. The summed E-state index contributed by atoms with van der Waals surface area (Å²) in [5, 5.41) is 4.10. The van der Waals surface area contributed by atoms with Gasteiger partial charge in [0.2, 0.25) is 10.0 Å². The predicted octanol–water partition coefficient (Wildman–Crippen LogP) is 2.79. The Morgan fingerprint density at radius 3 is 2.48 bits per heavy atom. The third-order valence-corrected chi connectivity index (χ3v) is 7.73. The van der Waals surface area contributed by atoms with Crippen molar-refractivity contribution < 1.29 is 17.6 Å². The van der Waals surface area contributed by atoms with E-state index in [9.17, 15) is 13.2 Å². The maximum Gasteiger partial charge on any atom is 0.289 e. The van der Waals surface area contributed by atoms with Crippen LogP contribution in [0.25, 0.3) is 5.69 Å². The Labute approximate surface area is 181 Å². The molecule has 0 spiro atoms. The van der Waals surface area contributed by atoms with Gasteiger partial charge in [-0.25, -0.2) is 18.1 Å². The van der Waals surface area contributed by atoms with Gasteiger partial charge < -0.3 is 9.32 Å². The minimum Gasteiger partial charge on any atom is -0.455 e. The molecule has 4 rings (SSSR count). The van der Waals surface area contributed by atoms with Gasteiger partial charge in [0, 0.05) is 26.2 Å². The standard InChI is InChI=1S/C21H25N5O4S/c1-15(17-6-8-18(9-7-17)26-14-22-13-23-26)24(3)21(27)19-12-20(16(2)30-19)31(28,29)25-10-4-5-11-25/h6-9,12-15H,4-5,10-11H2,1-3H3/t15-/m1/s1. The van der Waals surface area contributed by atoms with Gasteiger partial charge in [-0.1, -0.05) is 12.1 Å². The van der Waals surface area contributed by atoms with Crippen molar-refractivity contribution in [1.82, 2.24) is 24.0 Å². The Balaban J connectivity index is 1.53. The number of rotatable bonds is 6. The fourth-order valence-corrected chi connectivity index (χ4v) is 5.39. The fraction of sp³-hybridized carbons (Fsp3) is 0.381. The molecule has 164 valence electrons. The molecule has 0 radical (unpaired) electrons. The van der Waals surface area contributed by atoms with Gasteiger partial charge in [0.1, 0.15) is 23.3 Å². The molecular weight excluding hydrogens is 418 g/mol. The number of aromatic nitrogens is 3. The van der Waals surface area contributed by atoms with Crippen LogP contribution in [-0.2, 0) is 10.0 Å². The van der Waals surface area contributed by atoms with E-state index in [0.29, 0.717) is 13.1 Å². The number of sulfonamides is 1. The van der Waals surface area contributed by atoms with E-state index in [2.05, 4.69) is 10.1 Å². The van der Waals surface area contributed by atoms with Crippen LogP contribution in [0, 0.1) is 6.92 Å². The molecular formula is C21H25N5O4S. The Bertz CT molecular complexity index is 1160. The number of nitrogens with zero attached hydrogens (tertiary/aromatic N) is 5. The molecule has 0 N–H and O–H groups in total. The van der Waals surface area contributed by atoms with Crippen molar-refractivity contribution in [3.05, 3.63) is 60.1 Å². The van der Waals surface area contributed by atoms with Crippen LogP contribution < -0.4 is 0 Å². The van der Waals surface area contributed by atoms with Crippen LogP contribution in [0.1, 0.15) is 47.7 Å². The average Bonchev–Trinajstić information content (AvgIpc) is 3.54. The fourth-order valence-electron chi connectivity index (χ4n) is 3.71. The van der Waals surface area contributed by atoms with Crippen molar-refractivity contribution >= 4 is 15.9 Å². The van der Waals surface area contributed by atoms with Gasteiger partial charge >= 0.3 is 0 Å². The van der Waals surface area contributed by atoms with Crippen LogP contribution in [-0.4, -0.2) is 58.4 Å². The largest absolute Gasteiger partial charge is 0.455 e. The zero-order valence-corrected chi connectivity index (χ0v) is 18.5. The van der Waals surface area contributed by atoms with Crippen molar-refractivity contribution in [2.45, 2.75) is 37.6 Å². The van der Waals surface area contributed by atoms with E-state index in [0.717, 1.165) is 24.1 Å². The second kappa shape index (κ2) is 8.27. The van der Waals surface area contributed by atoms with Crippen LogP contribution in [0.4, 0.5) is 0 Å². The van der Waals surface area contributed by atoms with Crippen LogP contribution in [0.15, 0.2) is 52.3 Å². The average molecular weight is 444 g/mol. The molecule has 1 atom stereocenters. The van der Waals surface area contributed by atoms with Gasteiger partial charge in [-0.15, -0.1) is 0 Å². The first-order chi connectivity index (χ1) is 14.8. The summed E-state index contributed by atoms with van der Waals surface area (Å²) in [6.07, 6.45) is 4.77. The smallest absolute Gasteiger partial charge is 0.289 e. The van der Waals surface area contributed by atoms with Crippen molar-refractivity contribution in [3.8, 4) is 5.69 Å². The molecule has 0 saturated carbocycles. The molecule has 1 amide bonds. The third kappa shape index (κ3) is 4.00. The number of hydrogen-bond donors (Lipinski definition) is 0. The molecule has 1 aromatic carbocycles. The summed E-state index contributed by atoms with van der Waals surface area (Å²) in [5.74, 6) is -0.129. The highest BCUT2D eigenvalue weighted by molar-refractivity contribution is 7.89. The summed E-state index contributed by atoms with van der Waals surface area (Å²) < 4.78 is 34.4. The zero-order valence-electron chi connectivity index (χ0n) is 17.7. The van der Waals surface area contributed by atoms with E-state index >= 15 is 0 Å². The third-order valence-electron chi connectivity index (χ3n) is 5.73. The van der Waals surface area contributed by atoms with Gasteiger partial charge in [-0.2, -0.15) is 9.40 Å². The lowest BCUT2D eigenvalue weighted by Gasteiger charge is -2.24. The highest BCUT2D eigenvalue weighted by Crippen LogP contribution is 2.28. The summed E-state index contributed by atoms with van der Waals surface area (Å²) in [4.78, 5) is 18.6. The minimum absolute atomic E-state index is 0.0175. The van der Waals surface area contributed by atoms with Gasteiger partial charge in [0.15, 0.2) is 5.76 Å². The van der Waals surface area contributed by atoms with E-state index in [1.54, 1.807) is 25.0 Å². The van der Waals surface area contributed by atoms with Crippen LogP contribution in [0.3, 0.4) is 0 Å². The molecule has 3 heterocycles. The second-order valence-corrected chi connectivity index (χ2v) is 9.57. The van der Waals surface area contributed by atoms with E-state index in [4.69, 9.17) is 4.42 Å². The molecule has 0 bridgehead atoms. The molecule has 1 aliphatic heterocycles. The number of carbonyl (C=O) groups is 1. The number of furan rings is 1. The number of aryl methyl sites for hydroxylation is 1. The highest BCUT2D eigenvalue weighted by Gasteiger charge is 2.32. The van der Waals surface area contributed by atoms with Gasteiger partial charge in [-0.3, -0.25) is 4.79 Å². The minimum atomic E-state index is -3.65. The van der Waals surface area contributed by atoms with Gasteiger partial charge in [0.25, 0.3) is 5.91 Å². The lowest BCUT2D eigenvalue weighted by Crippen LogP contribution is -2.29. The monoisotopic (exact) mass is 443 g/mol. The molecule has 1 saturated heterocycles. The molecule has 0 unspecified atom stereocenters. The number of hydrogen-bond acceptors (Lipinski definition) is 6. The van der Waals surface area contributed by atoms with Crippen LogP contribution >= 0.6 is 0 Å². The summed E-state index contributed by atoms with van der Waals surface area (Å²) >= 11 is 0. The molecule has 1 aliphatic rings. The van der Waals surface area contributed by atoms with Crippen molar-refractivity contribution in [2.75, 3.05) is 20.1 Å². The van der Waals surface area contributed by atoms with Crippen molar-refractivity contribution in [2.24, 2.45) is 0 Å². The first-order valence-corrected chi connectivity index (χ1v) is 11.6. The molecule has 31 heavy (non-hydrogen) atoms. The van der Waals surface area contributed by atoms with Gasteiger partial charge in [-0.05, 0) is 44.4 Å². The topological polar surface area (TPSA) is 102 Å². The maximum atomic E-state index is 13.0. The number of carbonyl (C=O) groups excluding carboxylic acids is 1. The highest BCUT2D eigenvalue weighted by atomic mass is 32.2. The maximum absolute atomic E-state index is 13.0.